The Bertz CT molecular complexity index is 473. The highest BCUT2D eigenvalue weighted by atomic mass is 79.9. The Kier molecular flexibility index (Phi) is 7.43. The van der Waals surface area contributed by atoms with Gasteiger partial charge in [0.25, 0.3) is 0 Å². The molecule has 1 aromatic rings. The van der Waals surface area contributed by atoms with Crippen LogP contribution in [-0.4, -0.2) is 23.0 Å². The van der Waals surface area contributed by atoms with E-state index >= 15 is 0 Å². The van der Waals surface area contributed by atoms with Gasteiger partial charge in [-0.15, -0.1) is 0 Å². The van der Waals surface area contributed by atoms with Gasteiger partial charge in [0.15, 0.2) is 0 Å². The van der Waals surface area contributed by atoms with Crippen LogP contribution in [0.25, 0.3) is 0 Å². The quantitative estimate of drug-likeness (QED) is 0.746. The summed E-state index contributed by atoms with van der Waals surface area (Å²) in [5.41, 5.74) is 1.06. The van der Waals surface area contributed by atoms with Crippen LogP contribution in [0.1, 0.15) is 51.0 Å². The lowest BCUT2D eigenvalue weighted by molar-refractivity contribution is -0.142. The van der Waals surface area contributed by atoms with Crippen molar-refractivity contribution in [1.82, 2.24) is 5.32 Å². The van der Waals surface area contributed by atoms with Crippen molar-refractivity contribution in [2.45, 2.75) is 51.5 Å². The van der Waals surface area contributed by atoms with E-state index < -0.39 is 12.0 Å². The molecule has 1 amide bonds. The third kappa shape index (κ3) is 6.29. The van der Waals surface area contributed by atoms with E-state index in [4.69, 9.17) is 5.11 Å². The van der Waals surface area contributed by atoms with E-state index in [0.717, 1.165) is 22.9 Å². The lowest BCUT2D eigenvalue weighted by Crippen LogP contribution is -2.41. The molecule has 4 nitrogen and oxygen atoms in total. The van der Waals surface area contributed by atoms with E-state index in [1.165, 1.54) is 0 Å². The van der Waals surface area contributed by atoms with E-state index in [2.05, 4.69) is 21.2 Å². The van der Waals surface area contributed by atoms with Gasteiger partial charge < -0.3 is 10.4 Å². The van der Waals surface area contributed by atoms with Crippen LogP contribution < -0.4 is 5.32 Å². The van der Waals surface area contributed by atoms with Gasteiger partial charge in [-0.25, -0.2) is 4.79 Å². The highest BCUT2D eigenvalue weighted by Gasteiger charge is 2.20. The number of hydrogen-bond acceptors (Lipinski definition) is 2. The van der Waals surface area contributed by atoms with Gasteiger partial charge in [0.1, 0.15) is 6.04 Å². The van der Waals surface area contributed by atoms with Crippen molar-refractivity contribution >= 4 is 27.8 Å². The van der Waals surface area contributed by atoms with Crippen LogP contribution in [0.5, 0.6) is 0 Å². The number of unbranched alkanes of at least 4 members (excludes halogenated alkanes) is 1. The van der Waals surface area contributed by atoms with E-state index in [9.17, 15) is 9.59 Å². The molecule has 0 aliphatic rings. The highest BCUT2D eigenvalue weighted by molar-refractivity contribution is 9.10. The predicted octanol–water partition coefficient (Wildman–Crippen LogP) is 3.70. The molecule has 0 heterocycles. The number of nitrogens with one attached hydrogen (secondary N) is 1. The van der Waals surface area contributed by atoms with E-state index in [0.29, 0.717) is 6.42 Å². The Hall–Kier alpha value is -1.36. The molecule has 21 heavy (non-hydrogen) atoms. The van der Waals surface area contributed by atoms with Crippen LogP contribution in [0.4, 0.5) is 0 Å². The highest BCUT2D eigenvalue weighted by Crippen LogP contribution is 2.21. The molecule has 2 N–H and O–H groups in total. The predicted molar refractivity (Wildman–Crippen MR) is 86.3 cm³/mol. The fourth-order valence-corrected chi connectivity index (χ4v) is 2.37. The van der Waals surface area contributed by atoms with Crippen molar-refractivity contribution in [3.05, 3.63) is 34.3 Å². The first-order valence-electron chi connectivity index (χ1n) is 7.21. The minimum Gasteiger partial charge on any atom is -0.480 e. The SMILES string of the molecule is CCCC[C@H](NC(=O)CC(C)c1ccc(Br)cc1)C(=O)O. The van der Waals surface area contributed by atoms with Crippen molar-refractivity contribution in [1.29, 1.82) is 0 Å². The summed E-state index contributed by atoms with van der Waals surface area (Å²) >= 11 is 3.37. The normalized spacial score (nSPS) is 13.5. The first-order valence-corrected chi connectivity index (χ1v) is 8.01. The zero-order valence-corrected chi connectivity index (χ0v) is 14.0. The number of aliphatic carboxylic acids is 1. The van der Waals surface area contributed by atoms with Gasteiger partial charge in [-0.3, -0.25) is 4.79 Å². The van der Waals surface area contributed by atoms with Gasteiger partial charge in [0.2, 0.25) is 5.91 Å². The number of carboxylic acids is 1. The first kappa shape index (κ1) is 17.7. The maximum atomic E-state index is 12.0. The topological polar surface area (TPSA) is 66.4 Å². The van der Waals surface area contributed by atoms with Gasteiger partial charge >= 0.3 is 5.97 Å². The summed E-state index contributed by atoms with van der Waals surface area (Å²) in [6, 6.07) is 7.02. The molecule has 0 aliphatic heterocycles. The van der Waals surface area contributed by atoms with Crippen molar-refractivity contribution in [2.24, 2.45) is 0 Å². The average molecular weight is 356 g/mol. The second-order valence-corrected chi connectivity index (χ2v) is 6.17. The average Bonchev–Trinajstić information content (AvgIpc) is 2.43. The van der Waals surface area contributed by atoms with Crippen LogP contribution in [0.15, 0.2) is 28.7 Å². The fourth-order valence-electron chi connectivity index (χ4n) is 2.11. The Labute approximate surface area is 134 Å². The summed E-state index contributed by atoms with van der Waals surface area (Å²) in [6.07, 6.45) is 2.47. The lowest BCUT2D eigenvalue weighted by Gasteiger charge is -2.16. The minimum absolute atomic E-state index is 0.0544. The molecule has 5 heteroatoms. The molecule has 116 valence electrons. The maximum Gasteiger partial charge on any atom is 0.326 e. The number of benzene rings is 1. The fraction of sp³-hybridized carbons (Fsp3) is 0.500. The molecule has 0 saturated carbocycles. The van der Waals surface area contributed by atoms with Crippen LogP contribution >= 0.6 is 15.9 Å². The van der Waals surface area contributed by atoms with Crippen molar-refractivity contribution < 1.29 is 14.7 Å². The largest absolute Gasteiger partial charge is 0.480 e. The summed E-state index contributed by atoms with van der Waals surface area (Å²) in [6.45, 7) is 3.96. The van der Waals surface area contributed by atoms with E-state index in [1.807, 2.05) is 38.1 Å². The summed E-state index contributed by atoms with van der Waals surface area (Å²) in [5.74, 6) is -1.12. The van der Waals surface area contributed by atoms with Gasteiger partial charge in [-0.2, -0.15) is 0 Å². The van der Waals surface area contributed by atoms with Crippen molar-refractivity contribution in [3.63, 3.8) is 0 Å². The molecule has 1 unspecified atom stereocenters. The number of halogens is 1. The number of hydrogen-bond donors (Lipinski definition) is 2. The number of carbonyl (C=O) groups excluding carboxylic acids is 1. The molecule has 1 rings (SSSR count). The second-order valence-electron chi connectivity index (χ2n) is 5.26. The van der Waals surface area contributed by atoms with E-state index in [-0.39, 0.29) is 18.2 Å². The molecule has 0 bridgehead atoms. The lowest BCUT2D eigenvalue weighted by atomic mass is 9.97. The third-order valence-corrected chi connectivity index (χ3v) is 3.94. The van der Waals surface area contributed by atoms with Gasteiger partial charge in [0, 0.05) is 10.9 Å². The standard InChI is InChI=1S/C16H22BrNO3/c1-3-4-5-14(16(20)21)18-15(19)10-11(2)12-6-8-13(17)9-7-12/h6-9,11,14H,3-5,10H2,1-2H3,(H,18,19)(H,20,21)/t11?,14-/m0/s1. The van der Waals surface area contributed by atoms with Crippen LogP contribution in [-0.2, 0) is 9.59 Å². The summed E-state index contributed by atoms with van der Waals surface area (Å²) < 4.78 is 0.994. The van der Waals surface area contributed by atoms with Crippen LogP contribution in [0.2, 0.25) is 0 Å². The van der Waals surface area contributed by atoms with Gasteiger partial charge in [-0.05, 0) is 30.0 Å². The number of rotatable bonds is 8. The molecule has 0 saturated heterocycles. The Morgan fingerprint density at radius 1 is 1.29 bits per heavy atom. The van der Waals surface area contributed by atoms with Gasteiger partial charge in [-0.1, -0.05) is 54.8 Å². The van der Waals surface area contributed by atoms with Crippen molar-refractivity contribution in [2.75, 3.05) is 0 Å². The Morgan fingerprint density at radius 2 is 1.90 bits per heavy atom. The number of amides is 1. The second kappa shape index (κ2) is 8.82. The Balaban J connectivity index is 2.54. The summed E-state index contributed by atoms with van der Waals surface area (Å²) in [4.78, 5) is 23.1. The molecular weight excluding hydrogens is 334 g/mol. The molecule has 0 aromatic heterocycles. The summed E-state index contributed by atoms with van der Waals surface area (Å²) in [5, 5.41) is 11.7. The Morgan fingerprint density at radius 3 is 2.43 bits per heavy atom. The number of carboxylic acid groups (broad SMARTS) is 1. The molecule has 0 aliphatic carbocycles. The minimum atomic E-state index is -0.965. The first-order chi connectivity index (χ1) is 9.93. The zero-order valence-electron chi connectivity index (χ0n) is 12.4. The zero-order chi connectivity index (χ0) is 15.8. The number of carbonyl (C=O) groups is 2. The van der Waals surface area contributed by atoms with Crippen molar-refractivity contribution in [3.8, 4) is 0 Å². The van der Waals surface area contributed by atoms with Gasteiger partial charge in [0.05, 0.1) is 0 Å². The maximum absolute atomic E-state index is 12.0. The van der Waals surface area contributed by atoms with Crippen LogP contribution in [0.3, 0.4) is 0 Å². The summed E-state index contributed by atoms with van der Waals surface area (Å²) in [7, 11) is 0. The molecule has 1 aromatic carbocycles. The smallest absolute Gasteiger partial charge is 0.326 e. The third-order valence-electron chi connectivity index (χ3n) is 3.41. The molecule has 0 fully saturated rings. The molecule has 0 radical (unpaired) electrons. The molecule has 0 spiro atoms. The van der Waals surface area contributed by atoms with Crippen LogP contribution in [0, 0.1) is 0 Å². The molecular formula is C16H22BrNO3. The monoisotopic (exact) mass is 355 g/mol. The molecule has 2 atom stereocenters. The van der Waals surface area contributed by atoms with E-state index in [1.54, 1.807) is 0 Å².